The molecular weight excluding hydrogens is 276 g/mol. The van der Waals surface area contributed by atoms with E-state index in [1.807, 2.05) is 60.7 Å². The smallest absolute Gasteiger partial charge is 0.229 e. The van der Waals surface area contributed by atoms with Crippen LogP contribution in [0.4, 0.5) is 5.69 Å². The van der Waals surface area contributed by atoms with Crippen molar-refractivity contribution >= 4 is 23.0 Å². The van der Waals surface area contributed by atoms with Crippen molar-refractivity contribution in [3.63, 3.8) is 0 Å². The van der Waals surface area contributed by atoms with Crippen molar-refractivity contribution in [3.8, 4) is 11.5 Å². The van der Waals surface area contributed by atoms with E-state index >= 15 is 0 Å². The first-order chi connectivity index (χ1) is 10.9. The maximum atomic E-state index is 5.82. The fraction of sp³-hybridized carbons (Fsp3) is 0. The van der Waals surface area contributed by atoms with Crippen molar-refractivity contribution in [2.45, 2.75) is 0 Å². The Morgan fingerprint density at radius 3 is 2.64 bits per heavy atom. The van der Waals surface area contributed by atoms with Gasteiger partial charge in [-0.05, 0) is 36.4 Å². The first kappa shape index (κ1) is 12.6. The number of hydrogen-bond donors (Lipinski definition) is 0. The molecule has 0 atom stereocenters. The highest BCUT2D eigenvalue weighted by atomic mass is 16.3. The molecule has 0 N–H and O–H groups in total. The molecule has 0 bridgehead atoms. The van der Waals surface area contributed by atoms with Gasteiger partial charge >= 0.3 is 0 Å². The molecule has 0 aliphatic carbocycles. The maximum Gasteiger partial charge on any atom is 0.229 e. The summed E-state index contributed by atoms with van der Waals surface area (Å²) in [4.78, 5) is 9.00. The van der Waals surface area contributed by atoms with Crippen LogP contribution in [0.25, 0.3) is 22.6 Å². The van der Waals surface area contributed by atoms with E-state index in [4.69, 9.17) is 8.83 Å². The molecule has 106 valence electrons. The van der Waals surface area contributed by atoms with Crippen molar-refractivity contribution in [2.24, 2.45) is 4.99 Å². The maximum absolute atomic E-state index is 5.82. The normalized spacial score (nSPS) is 11.5. The highest BCUT2D eigenvalue weighted by Gasteiger charge is 2.11. The highest BCUT2D eigenvalue weighted by molar-refractivity contribution is 5.84. The number of hydrogen-bond acceptors (Lipinski definition) is 4. The van der Waals surface area contributed by atoms with Crippen LogP contribution in [-0.4, -0.2) is 11.2 Å². The van der Waals surface area contributed by atoms with Gasteiger partial charge in [0.05, 0.1) is 23.7 Å². The molecule has 0 radical (unpaired) electrons. The zero-order valence-corrected chi connectivity index (χ0v) is 11.6. The second kappa shape index (κ2) is 5.33. The third kappa shape index (κ3) is 2.31. The molecule has 4 aromatic rings. The van der Waals surface area contributed by atoms with Gasteiger partial charge < -0.3 is 8.83 Å². The molecule has 0 fully saturated rings. The Hall–Kier alpha value is -3.14. The molecule has 22 heavy (non-hydrogen) atoms. The molecule has 4 rings (SSSR count). The largest absolute Gasteiger partial charge is 0.463 e. The van der Waals surface area contributed by atoms with Gasteiger partial charge in [-0.3, -0.25) is 4.99 Å². The van der Waals surface area contributed by atoms with Crippen LogP contribution < -0.4 is 0 Å². The lowest BCUT2D eigenvalue weighted by atomic mass is 10.2. The lowest BCUT2D eigenvalue weighted by molar-refractivity contribution is 0.560. The first-order valence-electron chi connectivity index (χ1n) is 6.93. The topological polar surface area (TPSA) is 51.5 Å². The minimum absolute atomic E-state index is 0.563. The zero-order valence-electron chi connectivity index (χ0n) is 11.6. The van der Waals surface area contributed by atoms with Crippen LogP contribution in [0.3, 0.4) is 0 Å². The summed E-state index contributed by atoms with van der Waals surface area (Å²) in [5, 5.41) is 0. The lowest BCUT2D eigenvalue weighted by Crippen LogP contribution is -1.80. The number of aliphatic imine (C=N–C) groups is 1. The molecule has 0 saturated heterocycles. The van der Waals surface area contributed by atoms with E-state index in [1.165, 1.54) is 0 Å². The average Bonchev–Trinajstić information content (AvgIpc) is 3.22. The summed E-state index contributed by atoms with van der Waals surface area (Å²) in [6.07, 6.45) is 3.30. The number of furan rings is 1. The Balaban J connectivity index is 1.78. The molecule has 4 heteroatoms. The van der Waals surface area contributed by atoms with Gasteiger partial charge in [0.1, 0.15) is 11.3 Å². The van der Waals surface area contributed by atoms with Gasteiger partial charge in [-0.15, -0.1) is 0 Å². The Kier molecular flexibility index (Phi) is 3.05. The minimum atomic E-state index is 0.563. The Bertz CT molecular complexity index is 904. The van der Waals surface area contributed by atoms with E-state index in [2.05, 4.69) is 9.98 Å². The third-order valence-electron chi connectivity index (χ3n) is 3.30. The fourth-order valence-corrected chi connectivity index (χ4v) is 2.25. The van der Waals surface area contributed by atoms with E-state index < -0.39 is 0 Å². The van der Waals surface area contributed by atoms with Crippen molar-refractivity contribution < 1.29 is 8.83 Å². The molecule has 2 heterocycles. The Morgan fingerprint density at radius 1 is 0.909 bits per heavy atom. The van der Waals surface area contributed by atoms with E-state index in [0.717, 1.165) is 22.4 Å². The zero-order chi connectivity index (χ0) is 14.8. The minimum Gasteiger partial charge on any atom is -0.463 e. The molecular formula is C18H12N2O2. The number of fused-ring (bicyclic) bond motifs is 1. The van der Waals surface area contributed by atoms with Gasteiger partial charge in [-0.1, -0.05) is 24.3 Å². The summed E-state index contributed by atoms with van der Waals surface area (Å²) in [7, 11) is 0. The summed E-state index contributed by atoms with van der Waals surface area (Å²) < 4.78 is 11.1. The first-order valence-corrected chi connectivity index (χ1v) is 6.93. The summed E-state index contributed by atoms with van der Waals surface area (Å²) in [5.74, 6) is 1.26. The average molecular weight is 288 g/mol. The SMILES string of the molecule is C(=Nc1ccccc1-c1nc2ccccc2o1)c1ccco1. The number of rotatable bonds is 3. The molecule has 4 nitrogen and oxygen atoms in total. The van der Waals surface area contributed by atoms with Crippen LogP contribution in [0, 0.1) is 0 Å². The quantitative estimate of drug-likeness (QED) is 0.507. The predicted molar refractivity (Wildman–Crippen MR) is 85.4 cm³/mol. The molecule has 0 amide bonds. The van der Waals surface area contributed by atoms with Crippen molar-refractivity contribution in [2.75, 3.05) is 0 Å². The van der Waals surface area contributed by atoms with E-state index in [-0.39, 0.29) is 0 Å². The number of aromatic nitrogens is 1. The van der Waals surface area contributed by atoms with Gasteiger partial charge in [-0.25, -0.2) is 4.98 Å². The third-order valence-corrected chi connectivity index (χ3v) is 3.30. The second-order valence-corrected chi connectivity index (χ2v) is 4.78. The molecule has 0 aliphatic heterocycles. The van der Waals surface area contributed by atoms with Gasteiger partial charge in [0.25, 0.3) is 0 Å². The molecule has 2 aromatic heterocycles. The standard InChI is InChI=1S/C18H12N2O2/c1-2-8-15(19-12-13-6-5-11-21-13)14(7-1)18-20-16-9-3-4-10-17(16)22-18/h1-12H. The summed E-state index contributed by atoms with van der Waals surface area (Å²) in [5.41, 5.74) is 3.23. The molecule has 0 spiro atoms. The van der Waals surface area contributed by atoms with Crippen molar-refractivity contribution in [1.82, 2.24) is 4.98 Å². The fourth-order valence-electron chi connectivity index (χ4n) is 2.25. The molecule has 0 saturated carbocycles. The van der Waals surface area contributed by atoms with Gasteiger partial charge in [0.2, 0.25) is 5.89 Å². The lowest BCUT2D eigenvalue weighted by Gasteiger charge is -2.00. The number of para-hydroxylation sites is 3. The van der Waals surface area contributed by atoms with Crippen LogP contribution in [0.5, 0.6) is 0 Å². The van der Waals surface area contributed by atoms with Crippen molar-refractivity contribution in [3.05, 3.63) is 72.7 Å². The highest BCUT2D eigenvalue weighted by Crippen LogP contribution is 2.31. The van der Waals surface area contributed by atoms with Crippen LogP contribution >= 0.6 is 0 Å². The number of benzene rings is 2. The molecule has 0 aliphatic rings. The number of nitrogens with zero attached hydrogens (tertiary/aromatic N) is 2. The van der Waals surface area contributed by atoms with Crippen LogP contribution in [0.2, 0.25) is 0 Å². The second-order valence-electron chi connectivity index (χ2n) is 4.78. The van der Waals surface area contributed by atoms with Crippen LogP contribution in [0.15, 0.2) is 80.8 Å². The summed E-state index contributed by atoms with van der Waals surface area (Å²) in [6.45, 7) is 0. The van der Waals surface area contributed by atoms with Gasteiger partial charge in [0.15, 0.2) is 5.58 Å². The molecule has 0 unspecified atom stereocenters. The summed E-state index contributed by atoms with van der Waals surface area (Å²) >= 11 is 0. The predicted octanol–water partition coefficient (Wildman–Crippen LogP) is 4.84. The van der Waals surface area contributed by atoms with Crippen LogP contribution in [-0.2, 0) is 0 Å². The van der Waals surface area contributed by atoms with E-state index in [1.54, 1.807) is 12.5 Å². The van der Waals surface area contributed by atoms with Crippen molar-refractivity contribution in [1.29, 1.82) is 0 Å². The Morgan fingerprint density at radius 2 is 1.77 bits per heavy atom. The van der Waals surface area contributed by atoms with Crippen LogP contribution in [0.1, 0.15) is 5.76 Å². The van der Waals surface area contributed by atoms with Gasteiger partial charge in [0, 0.05) is 0 Å². The summed E-state index contributed by atoms with van der Waals surface area (Å²) in [6, 6.07) is 19.1. The number of oxazole rings is 1. The van der Waals surface area contributed by atoms with E-state index in [9.17, 15) is 0 Å². The molecule has 2 aromatic carbocycles. The van der Waals surface area contributed by atoms with E-state index in [0.29, 0.717) is 11.7 Å². The monoisotopic (exact) mass is 288 g/mol. The van der Waals surface area contributed by atoms with Gasteiger partial charge in [-0.2, -0.15) is 0 Å². The Labute approximate surface area is 126 Å².